The molecule has 0 fully saturated rings. The summed E-state index contributed by atoms with van der Waals surface area (Å²) < 4.78 is 12.6. The molecule has 28 heavy (non-hydrogen) atoms. The number of hydrogen-bond acceptors (Lipinski definition) is 3. The largest absolute Gasteiger partial charge is 1.00 e. The number of esters is 1. The predicted molar refractivity (Wildman–Crippen MR) is 107 cm³/mol. The first kappa shape index (κ1) is 22.7. The number of para-hydroxylation sites is 2. The third-order valence-electron chi connectivity index (χ3n) is 6.09. The van der Waals surface area contributed by atoms with Crippen LogP contribution in [0.1, 0.15) is 44.7 Å². The highest BCUT2D eigenvalue weighted by Gasteiger charge is 2.35. The van der Waals surface area contributed by atoms with Crippen molar-refractivity contribution in [2.75, 3.05) is 20.2 Å². The second-order valence-electron chi connectivity index (χ2n) is 8.04. The SMILES string of the molecule is CC(C)[N+](C)(CCOC(=O)C1c2ccccc2Oc2ccccc21)C(C)C.[I-]. The van der Waals surface area contributed by atoms with Crippen LogP contribution in [0.2, 0.25) is 0 Å². The zero-order valence-corrected chi connectivity index (χ0v) is 19.5. The summed E-state index contributed by atoms with van der Waals surface area (Å²) in [5, 5.41) is 0. The number of hydrogen-bond donors (Lipinski definition) is 0. The van der Waals surface area contributed by atoms with Gasteiger partial charge in [0.2, 0.25) is 0 Å². The molecule has 0 N–H and O–H groups in total. The zero-order chi connectivity index (χ0) is 19.6. The van der Waals surface area contributed by atoms with Crippen molar-refractivity contribution in [2.24, 2.45) is 0 Å². The van der Waals surface area contributed by atoms with Gasteiger partial charge in [0.05, 0.1) is 19.1 Å². The number of carbonyl (C=O) groups excluding carboxylic acids is 1. The van der Waals surface area contributed by atoms with Crippen molar-refractivity contribution in [1.82, 2.24) is 0 Å². The first-order valence-corrected chi connectivity index (χ1v) is 9.72. The topological polar surface area (TPSA) is 35.5 Å². The Bertz CT molecular complexity index is 765. The van der Waals surface area contributed by atoms with Crippen LogP contribution in [0.5, 0.6) is 11.5 Å². The van der Waals surface area contributed by atoms with Gasteiger partial charge in [0.25, 0.3) is 0 Å². The maximum absolute atomic E-state index is 13.1. The molecule has 0 saturated carbocycles. The molecule has 1 aliphatic heterocycles. The van der Waals surface area contributed by atoms with Gasteiger partial charge in [-0.3, -0.25) is 4.79 Å². The van der Waals surface area contributed by atoms with Gasteiger partial charge >= 0.3 is 5.97 Å². The number of ether oxygens (including phenoxy) is 2. The minimum atomic E-state index is -0.442. The lowest BCUT2D eigenvalue weighted by Crippen LogP contribution is -3.00. The number of carbonyl (C=O) groups is 1. The normalized spacial score (nSPS) is 13.4. The molecule has 0 spiro atoms. The second-order valence-corrected chi connectivity index (χ2v) is 8.04. The van der Waals surface area contributed by atoms with E-state index in [1.54, 1.807) is 0 Å². The Morgan fingerprint density at radius 3 is 1.89 bits per heavy atom. The minimum Gasteiger partial charge on any atom is -1.00 e. The molecule has 5 heteroatoms. The number of likely N-dealkylation sites (N-methyl/N-ethyl adjacent to an activating group) is 1. The molecule has 0 amide bonds. The van der Waals surface area contributed by atoms with Gasteiger partial charge in [0.1, 0.15) is 30.6 Å². The van der Waals surface area contributed by atoms with E-state index in [1.165, 1.54) is 0 Å². The van der Waals surface area contributed by atoms with Crippen LogP contribution < -0.4 is 28.7 Å². The molecule has 0 saturated heterocycles. The third kappa shape index (κ3) is 4.35. The quantitative estimate of drug-likeness (QED) is 0.348. The Labute approximate surface area is 185 Å². The fraction of sp³-hybridized carbons (Fsp3) is 0.435. The highest BCUT2D eigenvalue weighted by molar-refractivity contribution is 5.85. The molecule has 0 atom stereocenters. The van der Waals surface area contributed by atoms with E-state index in [9.17, 15) is 4.79 Å². The molecular weight excluding hydrogens is 465 g/mol. The maximum Gasteiger partial charge on any atom is 0.318 e. The fourth-order valence-electron chi connectivity index (χ4n) is 3.70. The van der Waals surface area contributed by atoms with Crippen LogP contribution in [0.3, 0.4) is 0 Å². The average molecular weight is 495 g/mol. The lowest BCUT2D eigenvalue weighted by molar-refractivity contribution is -0.949. The zero-order valence-electron chi connectivity index (χ0n) is 17.3. The Kier molecular flexibility index (Phi) is 7.51. The molecule has 0 radical (unpaired) electrons. The van der Waals surface area contributed by atoms with E-state index in [2.05, 4.69) is 34.7 Å². The van der Waals surface area contributed by atoms with E-state index in [0.29, 0.717) is 18.7 Å². The maximum atomic E-state index is 13.1. The van der Waals surface area contributed by atoms with E-state index >= 15 is 0 Å². The number of fused-ring (bicyclic) bond motifs is 2. The van der Waals surface area contributed by atoms with Crippen LogP contribution in [-0.4, -0.2) is 42.7 Å². The van der Waals surface area contributed by atoms with Crippen LogP contribution in [0.15, 0.2) is 48.5 Å². The number of halogens is 1. The van der Waals surface area contributed by atoms with E-state index in [4.69, 9.17) is 9.47 Å². The first-order valence-electron chi connectivity index (χ1n) is 9.72. The van der Waals surface area contributed by atoms with Crippen LogP contribution >= 0.6 is 0 Å². The molecule has 0 aliphatic carbocycles. The molecule has 4 nitrogen and oxygen atoms in total. The van der Waals surface area contributed by atoms with Crippen LogP contribution in [0, 0.1) is 0 Å². The van der Waals surface area contributed by atoms with E-state index in [-0.39, 0.29) is 29.9 Å². The predicted octanol–water partition coefficient (Wildman–Crippen LogP) is 1.73. The van der Waals surface area contributed by atoms with Crippen molar-refractivity contribution in [3.63, 3.8) is 0 Å². The summed E-state index contributed by atoms with van der Waals surface area (Å²) in [5.74, 6) is 0.798. The molecule has 0 bridgehead atoms. The molecule has 0 unspecified atom stereocenters. The van der Waals surface area contributed by atoms with Crippen molar-refractivity contribution >= 4 is 5.97 Å². The summed E-state index contributed by atoms with van der Waals surface area (Å²) in [7, 11) is 2.22. The van der Waals surface area contributed by atoms with Crippen molar-refractivity contribution in [3.8, 4) is 11.5 Å². The molecule has 1 heterocycles. The van der Waals surface area contributed by atoms with E-state index < -0.39 is 5.92 Å². The standard InChI is InChI=1S/C23H30NO3.HI/c1-16(2)24(5,17(3)4)14-15-26-23(25)22-18-10-6-8-12-20(18)27-21-13-9-7-11-19(21)22;/h6-13,16-17,22H,14-15H2,1-5H3;1H/q+1;/p-1. The Balaban J connectivity index is 0.00000280. The molecule has 0 aromatic heterocycles. The highest BCUT2D eigenvalue weighted by Crippen LogP contribution is 2.44. The molecular formula is C23H30INO3. The lowest BCUT2D eigenvalue weighted by Gasteiger charge is -2.42. The Morgan fingerprint density at radius 1 is 0.964 bits per heavy atom. The van der Waals surface area contributed by atoms with Gasteiger partial charge in [-0.15, -0.1) is 0 Å². The summed E-state index contributed by atoms with van der Waals surface area (Å²) in [5.41, 5.74) is 1.73. The summed E-state index contributed by atoms with van der Waals surface area (Å²) in [6.07, 6.45) is 0. The fourth-order valence-corrected chi connectivity index (χ4v) is 3.70. The van der Waals surface area contributed by atoms with Gasteiger partial charge in [-0.2, -0.15) is 0 Å². The summed E-state index contributed by atoms with van der Waals surface area (Å²) >= 11 is 0. The van der Waals surface area contributed by atoms with E-state index in [1.807, 2.05) is 48.5 Å². The summed E-state index contributed by atoms with van der Waals surface area (Å²) in [6.45, 7) is 10.1. The van der Waals surface area contributed by atoms with E-state index in [0.717, 1.165) is 33.7 Å². The Morgan fingerprint density at radius 2 is 1.43 bits per heavy atom. The number of rotatable bonds is 6. The van der Waals surface area contributed by atoms with Crippen LogP contribution in [-0.2, 0) is 9.53 Å². The van der Waals surface area contributed by atoms with Gasteiger partial charge in [-0.1, -0.05) is 36.4 Å². The van der Waals surface area contributed by atoms with Gasteiger partial charge < -0.3 is 37.9 Å². The first-order chi connectivity index (χ1) is 12.8. The van der Waals surface area contributed by atoms with Gasteiger partial charge in [0.15, 0.2) is 0 Å². The number of nitrogens with zero attached hydrogens (tertiary/aromatic N) is 1. The van der Waals surface area contributed by atoms with Gasteiger partial charge in [-0.05, 0) is 39.8 Å². The molecule has 1 aliphatic rings. The monoisotopic (exact) mass is 495 g/mol. The molecule has 2 aromatic rings. The lowest BCUT2D eigenvalue weighted by atomic mass is 9.88. The minimum absolute atomic E-state index is 0. The average Bonchev–Trinajstić information content (AvgIpc) is 2.65. The summed E-state index contributed by atoms with van der Waals surface area (Å²) in [4.78, 5) is 13.1. The van der Waals surface area contributed by atoms with Crippen molar-refractivity contribution < 1.29 is 42.7 Å². The molecule has 3 rings (SSSR count). The second kappa shape index (κ2) is 9.27. The molecule has 152 valence electrons. The number of quaternary nitrogens is 1. The van der Waals surface area contributed by atoms with Crippen LogP contribution in [0.4, 0.5) is 0 Å². The van der Waals surface area contributed by atoms with Crippen molar-refractivity contribution in [1.29, 1.82) is 0 Å². The van der Waals surface area contributed by atoms with Crippen LogP contribution in [0.25, 0.3) is 0 Å². The van der Waals surface area contributed by atoms with Gasteiger partial charge in [-0.25, -0.2) is 0 Å². The van der Waals surface area contributed by atoms with Crippen molar-refractivity contribution in [2.45, 2.75) is 45.7 Å². The Hall–Kier alpha value is -1.60. The molecule has 2 aromatic carbocycles. The van der Waals surface area contributed by atoms with Crippen molar-refractivity contribution in [3.05, 3.63) is 59.7 Å². The highest BCUT2D eigenvalue weighted by atomic mass is 127. The van der Waals surface area contributed by atoms with Gasteiger partial charge in [0, 0.05) is 11.1 Å². The smallest absolute Gasteiger partial charge is 0.318 e. The number of benzene rings is 2. The summed E-state index contributed by atoms with van der Waals surface area (Å²) in [6, 6.07) is 16.3. The third-order valence-corrected chi connectivity index (χ3v) is 6.09.